The third-order valence-electron chi connectivity index (χ3n) is 4.99. The van der Waals surface area contributed by atoms with Crippen molar-refractivity contribution in [2.24, 2.45) is 0 Å². The lowest BCUT2D eigenvalue weighted by molar-refractivity contribution is -0.155. The van der Waals surface area contributed by atoms with Gasteiger partial charge in [0.2, 0.25) is 10.0 Å². The Labute approximate surface area is 175 Å². The Bertz CT molecular complexity index is 1020. The summed E-state index contributed by atoms with van der Waals surface area (Å²) in [4.78, 5) is 11.6. The molecule has 30 heavy (non-hydrogen) atoms. The van der Waals surface area contributed by atoms with Crippen molar-refractivity contribution in [3.05, 3.63) is 59.4 Å². The zero-order valence-electron chi connectivity index (χ0n) is 16.9. The van der Waals surface area contributed by atoms with Gasteiger partial charge in [-0.3, -0.25) is 4.79 Å². The fourth-order valence-corrected chi connectivity index (χ4v) is 5.20. The highest BCUT2D eigenvalue weighted by Crippen LogP contribution is 2.27. The van der Waals surface area contributed by atoms with Crippen LogP contribution in [0.3, 0.4) is 0 Å². The molecule has 1 fully saturated rings. The number of halogens is 1. The van der Waals surface area contributed by atoms with Crippen LogP contribution in [0, 0.1) is 12.7 Å². The van der Waals surface area contributed by atoms with Crippen LogP contribution in [0.4, 0.5) is 4.39 Å². The molecule has 0 saturated carbocycles. The molecule has 2 aromatic rings. The van der Waals surface area contributed by atoms with Crippen LogP contribution in [-0.2, 0) is 26.2 Å². The van der Waals surface area contributed by atoms with Crippen LogP contribution in [0.25, 0.3) is 0 Å². The summed E-state index contributed by atoms with van der Waals surface area (Å²) >= 11 is 0. The van der Waals surface area contributed by atoms with E-state index in [0.717, 1.165) is 4.31 Å². The van der Waals surface area contributed by atoms with E-state index in [1.807, 2.05) is 0 Å². The van der Waals surface area contributed by atoms with Gasteiger partial charge in [-0.15, -0.1) is 0 Å². The Morgan fingerprint density at radius 3 is 2.53 bits per heavy atom. The molecule has 0 bridgehead atoms. The van der Waals surface area contributed by atoms with E-state index in [1.165, 1.54) is 24.3 Å². The fraction of sp³-hybridized carbons (Fsp3) is 0.381. The quantitative estimate of drug-likeness (QED) is 0.747. The number of ether oxygens (including phenoxy) is 2. The number of hydrogen-bond donors (Lipinski definition) is 1. The van der Waals surface area contributed by atoms with Gasteiger partial charge >= 0.3 is 5.97 Å². The maximum absolute atomic E-state index is 14.1. The number of hydrogen-bond acceptors (Lipinski definition) is 5. The largest absolute Gasteiger partial charge is 0.489 e. The van der Waals surface area contributed by atoms with Crippen LogP contribution in [0.5, 0.6) is 5.75 Å². The molecule has 3 atom stereocenters. The molecule has 9 heteroatoms. The molecular formula is C21H24FNO6S. The van der Waals surface area contributed by atoms with Crippen LogP contribution >= 0.6 is 0 Å². The van der Waals surface area contributed by atoms with Gasteiger partial charge in [0.05, 0.1) is 17.1 Å². The van der Waals surface area contributed by atoms with Crippen molar-refractivity contribution in [1.82, 2.24) is 4.31 Å². The molecule has 1 heterocycles. The number of carboxylic acids is 1. The lowest BCUT2D eigenvalue weighted by Gasteiger charge is -2.39. The molecule has 1 aliphatic heterocycles. The van der Waals surface area contributed by atoms with Gasteiger partial charge < -0.3 is 14.6 Å². The summed E-state index contributed by atoms with van der Waals surface area (Å²) in [6.07, 6.45) is -1.22. The first-order valence-corrected chi connectivity index (χ1v) is 10.9. The molecule has 0 aromatic heterocycles. The number of carbonyl (C=O) groups is 1. The van der Waals surface area contributed by atoms with Crippen LogP contribution in [-0.4, -0.2) is 48.6 Å². The molecule has 1 N–H and O–H groups in total. The maximum Gasteiger partial charge on any atom is 0.324 e. The number of aliphatic carboxylic acids is 1. The number of rotatable bonds is 6. The highest BCUT2D eigenvalue weighted by atomic mass is 32.2. The highest BCUT2D eigenvalue weighted by Gasteiger charge is 2.44. The molecule has 0 amide bonds. The Morgan fingerprint density at radius 2 is 1.90 bits per heavy atom. The van der Waals surface area contributed by atoms with E-state index < -0.39 is 34.2 Å². The van der Waals surface area contributed by atoms with E-state index in [0.29, 0.717) is 16.9 Å². The van der Waals surface area contributed by atoms with E-state index in [2.05, 4.69) is 0 Å². The molecule has 162 valence electrons. The molecule has 0 aliphatic carbocycles. The summed E-state index contributed by atoms with van der Waals surface area (Å²) in [5.41, 5.74) is 0.909. The lowest BCUT2D eigenvalue weighted by atomic mass is 10.1. The van der Waals surface area contributed by atoms with E-state index in [4.69, 9.17) is 9.47 Å². The summed E-state index contributed by atoms with van der Waals surface area (Å²) in [6, 6.07) is 9.32. The van der Waals surface area contributed by atoms with Crippen molar-refractivity contribution in [1.29, 1.82) is 0 Å². The number of benzene rings is 2. The van der Waals surface area contributed by atoms with Crippen molar-refractivity contribution in [2.45, 2.75) is 50.5 Å². The Morgan fingerprint density at radius 1 is 1.23 bits per heavy atom. The monoisotopic (exact) mass is 437 g/mol. The summed E-state index contributed by atoms with van der Waals surface area (Å²) in [7, 11) is -4.06. The summed E-state index contributed by atoms with van der Waals surface area (Å²) in [6.45, 7) is 4.83. The smallest absolute Gasteiger partial charge is 0.324 e. The average molecular weight is 437 g/mol. The number of nitrogens with zero attached hydrogens (tertiary/aromatic N) is 1. The zero-order valence-corrected chi connectivity index (χ0v) is 17.7. The van der Waals surface area contributed by atoms with E-state index in [1.54, 1.807) is 39.0 Å². The van der Waals surface area contributed by atoms with Gasteiger partial charge in [-0.25, -0.2) is 12.8 Å². The predicted octanol–water partition coefficient (Wildman–Crippen LogP) is 2.96. The first-order chi connectivity index (χ1) is 14.1. The molecular weight excluding hydrogens is 413 g/mol. The lowest BCUT2D eigenvalue weighted by Crippen LogP contribution is -2.58. The second-order valence-electron chi connectivity index (χ2n) is 7.32. The number of carboxylic acid groups (broad SMARTS) is 1. The van der Waals surface area contributed by atoms with Gasteiger partial charge in [-0.05, 0) is 50.6 Å². The van der Waals surface area contributed by atoms with E-state index in [-0.39, 0.29) is 23.9 Å². The third kappa shape index (κ3) is 4.48. The van der Waals surface area contributed by atoms with E-state index >= 15 is 0 Å². The first kappa shape index (κ1) is 22.2. The number of morpholine rings is 1. The molecule has 3 rings (SSSR count). The Kier molecular flexibility index (Phi) is 6.44. The van der Waals surface area contributed by atoms with E-state index in [9.17, 15) is 22.7 Å². The topological polar surface area (TPSA) is 93.1 Å². The van der Waals surface area contributed by atoms with Crippen LogP contribution in [0.1, 0.15) is 25.0 Å². The van der Waals surface area contributed by atoms with Crippen molar-refractivity contribution in [2.75, 3.05) is 6.54 Å². The van der Waals surface area contributed by atoms with Crippen LogP contribution in [0.15, 0.2) is 47.4 Å². The van der Waals surface area contributed by atoms with Crippen LogP contribution in [0.2, 0.25) is 0 Å². The predicted molar refractivity (Wildman–Crippen MR) is 107 cm³/mol. The average Bonchev–Trinajstić information content (AvgIpc) is 2.68. The van der Waals surface area contributed by atoms with Crippen molar-refractivity contribution >= 4 is 16.0 Å². The second kappa shape index (κ2) is 8.71. The first-order valence-electron chi connectivity index (χ1n) is 9.48. The minimum Gasteiger partial charge on any atom is -0.489 e. The molecule has 1 aliphatic rings. The minimum absolute atomic E-state index is 0.000802. The van der Waals surface area contributed by atoms with Gasteiger partial charge in [0.1, 0.15) is 24.2 Å². The van der Waals surface area contributed by atoms with Crippen molar-refractivity contribution < 1.29 is 32.2 Å². The maximum atomic E-state index is 14.1. The third-order valence-corrected chi connectivity index (χ3v) is 6.85. The van der Waals surface area contributed by atoms with Crippen LogP contribution < -0.4 is 4.74 Å². The normalized spacial score (nSPS) is 22.6. The van der Waals surface area contributed by atoms with Gasteiger partial charge in [-0.1, -0.05) is 18.2 Å². The Hall–Kier alpha value is -2.49. The Balaban J connectivity index is 1.78. The van der Waals surface area contributed by atoms with Gasteiger partial charge in [0.25, 0.3) is 0 Å². The number of sulfonamides is 1. The summed E-state index contributed by atoms with van der Waals surface area (Å²) < 4.78 is 52.3. The number of aryl methyl sites for hydroxylation is 1. The molecule has 1 saturated heterocycles. The summed E-state index contributed by atoms with van der Waals surface area (Å²) in [5.74, 6) is -1.24. The second-order valence-corrected chi connectivity index (χ2v) is 9.21. The standard InChI is InChI=1S/C21H24FNO6S/c1-13-5-4-6-16(19(13)22)12-28-17-7-9-18(10-8-17)30(26,27)23-11-14(2)29-15(3)20(23)21(24)25/h4-10,14-15,20H,11-12H2,1-3H3,(H,24,25)/t14-,15-,20+/m0/s1. The van der Waals surface area contributed by atoms with Crippen molar-refractivity contribution in [3.8, 4) is 5.75 Å². The van der Waals surface area contributed by atoms with Gasteiger partial charge in [-0.2, -0.15) is 4.31 Å². The highest BCUT2D eigenvalue weighted by molar-refractivity contribution is 7.89. The van der Waals surface area contributed by atoms with Gasteiger partial charge in [0.15, 0.2) is 0 Å². The molecule has 7 nitrogen and oxygen atoms in total. The molecule has 2 aromatic carbocycles. The molecule has 0 spiro atoms. The SMILES string of the molecule is Cc1cccc(COc2ccc(S(=O)(=O)N3C[C@H](C)O[C@@H](C)[C@@H]3C(=O)O)cc2)c1F. The zero-order chi connectivity index (χ0) is 22.1. The summed E-state index contributed by atoms with van der Waals surface area (Å²) in [5, 5.41) is 9.50. The fourth-order valence-electron chi connectivity index (χ4n) is 3.48. The molecule has 0 radical (unpaired) electrons. The van der Waals surface area contributed by atoms with Gasteiger partial charge in [0, 0.05) is 12.1 Å². The molecule has 0 unspecified atom stereocenters. The minimum atomic E-state index is -4.06. The van der Waals surface area contributed by atoms with Crippen molar-refractivity contribution in [3.63, 3.8) is 0 Å².